The van der Waals surface area contributed by atoms with Gasteiger partial charge in [0.1, 0.15) is 11.5 Å². The molecule has 1 amide bonds. The monoisotopic (exact) mass is 293 g/mol. The van der Waals surface area contributed by atoms with Crippen molar-refractivity contribution in [3.05, 3.63) is 23.8 Å². The highest BCUT2D eigenvalue weighted by Gasteiger charge is 2.13. The fraction of sp³-hybridized carbons (Fsp3) is 0.500. The molecule has 0 aliphatic carbocycles. The summed E-state index contributed by atoms with van der Waals surface area (Å²) in [4.78, 5) is 23.3. The van der Waals surface area contributed by atoms with Crippen LogP contribution < -0.4 is 14.8 Å². The maximum absolute atomic E-state index is 11.8. The van der Waals surface area contributed by atoms with Gasteiger partial charge in [0.15, 0.2) is 12.4 Å². The lowest BCUT2D eigenvalue weighted by atomic mass is 10.1. The molecule has 0 spiro atoms. The molecule has 1 N–H and O–H groups in total. The molecule has 116 valence electrons. The van der Waals surface area contributed by atoms with Crippen molar-refractivity contribution >= 4 is 11.7 Å². The minimum atomic E-state index is -0.201. The molecule has 1 rings (SSSR count). The highest BCUT2D eigenvalue weighted by Crippen LogP contribution is 2.25. The van der Waals surface area contributed by atoms with Gasteiger partial charge in [0.05, 0.1) is 12.7 Å². The van der Waals surface area contributed by atoms with E-state index >= 15 is 0 Å². The second-order valence-electron chi connectivity index (χ2n) is 4.96. The van der Waals surface area contributed by atoms with Crippen molar-refractivity contribution in [3.8, 4) is 11.5 Å². The summed E-state index contributed by atoms with van der Waals surface area (Å²) in [6.45, 7) is 5.35. The Kier molecular flexibility index (Phi) is 6.72. The first-order chi connectivity index (χ1) is 9.97. The SMILES string of the molecule is CCCC(C)NC(=O)COc1cc(OC)ccc1C(C)=O. The average molecular weight is 293 g/mol. The first-order valence-corrected chi connectivity index (χ1v) is 7.09. The van der Waals surface area contributed by atoms with Crippen LogP contribution in [0, 0.1) is 0 Å². The Balaban J connectivity index is 2.69. The number of carbonyl (C=O) groups is 2. The van der Waals surface area contributed by atoms with Crippen LogP contribution in [-0.2, 0) is 4.79 Å². The predicted octanol–water partition coefficient (Wildman–Crippen LogP) is 2.58. The second-order valence-corrected chi connectivity index (χ2v) is 4.96. The van der Waals surface area contributed by atoms with E-state index in [0.29, 0.717) is 17.1 Å². The molecule has 5 heteroatoms. The minimum absolute atomic E-state index is 0.115. The summed E-state index contributed by atoms with van der Waals surface area (Å²) in [5.74, 6) is 0.621. The zero-order valence-electron chi connectivity index (χ0n) is 13.1. The van der Waals surface area contributed by atoms with Gasteiger partial charge >= 0.3 is 0 Å². The summed E-state index contributed by atoms with van der Waals surface area (Å²) in [7, 11) is 1.53. The Morgan fingerprint density at radius 3 is 2.62 bits per heavy atom. The Morgan fingerprint density at radius 2 is 2.05 bits per heavy atom. The highest BCUT2D eigenvalue weighted by atomic mass is 16.5. The molecule has 1 atom stereocenters. The van der Waals surface area contributed by atoms with Crippen LogP contribution in [0.2, 0.25) is 0 Å². The smallest absolute Gasteiger partial charge is 0.258 e. The van der Waals surface area contributed by atoms with Crippen LogP contribution in [0.1, 0.15) is 44.0 Å². The maximum atomic E-state index is 11.8. The van der Waals surface area contributed by atoms with Gasteiger partial charge in [0.2, 0.25) is 0 Å². The van der Waals surface area contributed by atoms with Crippen molar-refractivity contribution in [1.29, 1.82) is 0 Å². The number of amides is 1. The van der Waals surface area contributed by atoms with Gasteiger partial charge in [-0.25, -0.2) is 0 Å². The zero-order valence-corrected chi connectivity index (χ0v) is 13.1. The third-order valence-corrected chi connectivity index (χ3v) is 3.06. The van der Waals surface area contributed by atoms with Crippen LogP contribution in [-0.4, -0.2) is 31.4 Å². The second kappa shape index (κ2) is 8.29. The lowest BCUT2D eigenvalue weighted by Gasteiger charge is -2.14. The van der Waals surface area contributed by atoms with E-state index in [0.717, 1.165) is 12.8 Å². The molecule has 1 aromatic carbocycles. The van der Waals surface area contributed by atoms with Crippen molar-refractivity contribution in [2.24, 2.45) is 0 Å². The fourth-order valence-corrected chi connectivity index (χ4v) is 2.00. The zero-order chi connectivity index (χ0) is 15.8. The third-order valence-electron chi connectivity index (χ3n) is 3.06. The lowest BCUT2D eigenvalue weighted by molar-refractivity contribution is -0.123. The number of Topliss-reactive ketones (excluding diaryl/α,β-unsaturated/α-hetero) is 1. The molecular formula is C16H23NO4. The number of nitrogens with one attached hydrogen (secondary N) is 1. The van der Waals surface area contributed by atoms with Gasteiger partial charge in [0, 0.05) is 12.1 Å². The van der Waals surface area contributed by atoms with Crippen molar-refractivity contribution in [2.75, 3.05) is 13.7 Å². The van der Waals surface area contributed by atoms with Gasteiger partial charge in [-0.2, -0.15) is 0 Å². The summed E-state index contributed by atoms with van der Waals surface area (Å²) in [5.41, 5.74) is 0.435. The predicted molar refractivity (Wildman–Crippen MR) is 81.0 cm³/mol. The molecule has 21 heavy (non-hydrogen) atoms. The van der Waals surface area contributed by atoms with Gasteiger partial charge < -0.3 is 14.8 Å². The van der Waals surface area contributed by atoms with Gasteiger partial charge in [-0.05, 0) is 32.4 Å². The summed E-state index contributed by atoms with van der Waals surface area (Å²) >= 11 is 0. The Hall–Kier alpha value is -2.04. The molecule has 5 nitrogen and oxygen atoms in total. The molecular weight excluding hydrogens is 270 g/mol. The number of carbonyl (C=O) groups excluding carboxylic acids is 2. The van der Waals surface area contributed by atoms with Crippen molar-refractivity contribution in [3.63, 3.8) is 0 Å². The fourth-order valence-electron chi connectivity index (χ4n) is 2.00. The Morgan fingerprint density at radius 1 is 1.33 bits per heavy atom. The molecule has 0 saturated carbocycles. The van der Waals surface area contributed by atoms with Crippen LogP contribution in [0.5, 0.6) is 11.5 Å². The van der Waals surface area contributed by atoms with Crippen LogP contribution in [0.4, 0.5) is 0 Å². The number of methoxy groups -OCH3 is 1. The number of benzene rings is 1. The van der Waals surface area contributed by atoms with Crippen LogP contribution in [0.25, 0.3) is 0 Å². The van der Waals surface area contributed by atoms with Crippen LogP contribution in [0.3, 0.4) is 0 Å². The van der Waals surface area contributed by atoms with Gasteiger partial charge in [-0.3, -0.25) is 9.59 Å². The standard InChI is InChI=1S/C16H23NO4/c1-5-6-11(2)17-16(19)10-21-15-9-13(20-4)7-8-14(15)12(3)18/h7-9,11H,5-6,10H2,1-4H3,(H,17,19). The van der Waals surface area contributed by atoms with E-state index in [1.807, 2.05) is 6.92 Å². The summed E-state index contributed by atoms with van der Waals surface area (Å²) in [5, 5.41) is 2.85. The maximum Gasteiger partial charge on any atom is 0.258 e. The minimum Gasteiger partial charge on any atom is -0.497 e. The molecule has 0 heterocycles. The molecule has 0 aromatic heterocycles. The van der Waals surface area contributed by atoms with E-state index in [1.165, 1.54) is 14.0 Å². The largest absolute Gasteiger partial charge is 0.497 e. The number of hydrogen-bond donors (Lipinski definition) is 1. The third kappa shape index (κ3) is 5.45. The van der Waals surface area contributed by atoms with Gasteiger partial charge in [-0.1, -0.05) is 13.3 Å². The molecule has 0 aliphatic heterocycles. The van der Waals surface area contributed by atoms with E-state index in [1.54, 1.807) is 18.2 Å². The summed E-state index contributed by atoms with van der Waals surface area (Å²) in [6.07, 6.45) is 1.93. The number of rotatable bonds is 8. The Bertz CT molecular complexity index is 499. The quantitative estimate of drug-likeness (QED) is 0.748. The number of ketones is 1. The topological polar surface area (TPSA) is 64.6 Å². The molecule has 0 bridgehead atoms. The molecule has 0 aliphatic rings. The first-order valence-electron chi connectivity index (χ1n) is 7.09. The van der Waals surface area contributed by atoms with Crippen molar-refractivity contribution in [1.82, 2.24) is 5.32 Å². The molecule has 0 radical (unpaired) electrons. The van der Waals surface area contributed by atoms with E-state index in [4.69, 9.17) is 9.47 Å². The summed E-state index contributed by atoms with van der Waals surface area (Å²) in [6, 6.07) is 5.05. The van der Waals surface area contributed by atoms with Gasteiger partial charge in [-0.15, -0.1) is 0 Å². The highest BCUT2D eigenvalue weighted by molar-refractivity contribution is 5.97. The molecule has 1 aromatic rings. The van der Waals surface area contributed by atoms with Gasteiger partial charge in [0.25, 0.3) is 5.91 Å². The summed E-state index contributed by atoms with van der Waals surface area (Å²) < 4.78 is 10.6. The van der Waals surface area contributed by atoms with E-state index in [9.17, 15) is 9.59 Å². The van der Waals surface area contributed by atoms with Crippen molar-refractivity contribution in [2.45, 2.75) is 39.7 Å². The lowest BCUT2D eigenvalue weighted by Crippen LogP contribution is -2.36. The number of ether oxygens (including phenoxy) is 2. The average Bonchev–Trinajstić information content (AvgIpc) is 2.44. The van der Waals surface area contributed by atoms with E-state index < -0.39 is 0 Å². The Labute approximate surface area is 125 Å². The van der Waals surface area contributed by atoms with Crippen LogP contribution in [0.15, 0.2) is 18.2 Å². The van der Waals surface area contributed by atoms with E-state index in [2.05, 4.69) is 12.2 Å². The normalized spacial score (nSPS) is 11.6. The molecule has 1 unspecified atom stereocenters. The number of hydrogen-bond acceptors (Lipinski definition) is 4. The first kappa shape index (κ1) is 17.0. The van der Waals surface area contributed by atoms with Crippen LogP contribution >= 0.6 is 0 Å². The molecule has 0 fully saturated rings. The van der Waals surface area contributed by atoms with Crippen molar-refractivity contribution < 1.29 is 19.1 Å². The van der Waals surface area contributed by atoms with E-state index in [-0.39, 0.29) is 24.3 Å². The molecule has 0 saturated heterocycles.